The largest absolute Gasteiger partial charge is 0.342 e. The van der Waals surface area contributed by atoms with Crippen LogP contribution in [0.2, 0.25) is 5.15 Å². The first-order valence-corrected chi connectivity index (χ1v) is 6.73. The van der Waals surface area contributed by atoms with Gasteiger partial charge in [-0.25, -0.2) is 4.98 Å². The molecule has 0 unspecified atom stereocenters. The van der Waals surface area contributed by atoms with Gasteiger partial charge in [0.1, 0.15) is 5.15 Å². The van der Waals surface area contributed by atoms with Crippen molar-refractivity contribution >= 4 is 28.1 Å². The fraction of sp³-hybridized carbons (Fsp3) is 0.333. The topological polar surface area (TPSA) is 29.0 Å². The molecule has 0 fully saturated rings. The lowest BCUT2D eigenvalue weighted by Crippen LogP contribution is -2.22. The first-order valence-electron chi connectivity index (χ1n) is 5.47. The molecule has 0 N–H and O–H groups in total. The van der Waals surface area contributed by atoms with E-state index in [4.69, 9.17) is 11.6 Å². The van der Waals surface area contributed by atoms with Crippen molar-refractivity contribution in [3.05, 3.63) is 40.1 Å². The van der Waals surface area contributed by atoms with Gasteiger partial charge in [-0.05, 0) is 26.0 Å². The fourth-order valence-electron chi connectivity index (χ4n) is 1.59. The molecule has 0 amide bonds. The molecule has 0 aliphatic rings. The molecule has 0 atom stereocenters. The summed E-state index contributed by atoms with van der Waals surface area (Å²) in [5, 5.41) is 3.35. The van der Waals surface area contributed by atoms with E-state index in [0.717, 1.165) is 29.6 Å². The molecule has 2 rings (SSSR count). The van der Waals surface area contributed by atoms with Gasteiger partial charge in [0.2, 0.25) is 0 Å². The highest BCUT2D eigenvalue weighted by atomic mass is 35.5. The number of rotatable bonds is 4. The van der Waals surface area contributed by atoms with Gasteiger partial charge in [-0.2, -0.15) is 0 Å². The Morgan fingerprint density at radius 2 is 2.18 bits per heavy atom. The van der Waals surface area contributed by atoms with Crippen LogP contribution in [0.4, 0.5) is 5.13 Å². The Labute approximate surface area is 110 Å². The van der Waals surface area contributed by atoms with Gasteiger partial charge in [0.15, 0.2) is 5.13 Å². The first-order chi connectivity index (χ1) is 8.19. The molecule has 17 heavy (non-hydrogen) atoms. The maximum atomic E-state index is 5.85. The highest BCUT2D eigenvalue weighted by Gasteiger charge is 2.10. The standard InChI is InChI=1S/C12H14ClN3S/c1-3-16(12-15-11(13)8-17-12)7-10-6-4-5-9(2)14-10/h4-6,8H,3,7H2,1-2H3. The molecule has 0 saturated heterocycles. The van der Waals surface area contributed by atoms with Crippen molar-refractivity contribution in [3.63, 3.8) is 0 Å². The number of nitrogens with zero attached hydrogens (tertiary/aromatic N) is 3. The summed E-state index contributed by atoms with van der Waals surface area (Å²) in [6.45, 7) is 5.76. The van der Waals surface area contributed by atoms with Gasteiger partial charge in [0.05, 0.1) is 12.2 Å². The number of aryl methyl sites for hydroxylation is 1. The fourth-order valence-corrected chi connectivity index (χ4v) is 2.60. The van der Waals surface area contributed by atoms with Crippen LogP contribution in [-0.2, 0) is 6.54 Å². The Bertz CT molecular complexity index is 498. The van der Waals surface area contributed by atoms with Crippen LogP contribution in [0, 0.1) is 6.92 Å². The van der Waals surface area contributed by atoms with Crippen LogP contribution in [-0.4, -0.2) is 16.5 Å². The second-order valence-electron chi connectivity index (χ2n) is 3.74. The van der Waals surface area contributed by atoms with Gasteiger partial charge in [0.25, 0.3) is 0 Å². The Kier molecular flexibility index (Phi) is 3.97. The van der Waals surface area contributed by atoms with Gasteiger partial charge < -0.3 is 4.90 Å². The Balaban J connectivity index is 2.15. The highest BCUT2D eigenvalue weighted by molar-refractivity contribution is 7.14. The summed E-state index contributed by atoms with van der Waals surface area (Å²) in [6, 6.07) is 6.06. The summed E-state index contributed by atoms with van der Waals surface area (Å²) in [5.41, 5.74) is 2.09. The minimum Gasteiger partial charge on any atom is -0.342 e. The summed E-state index contributed by atoms with van der Waals surface area (Å²) >= 11 is 7.41. The van der Waals surface area contributed by atoms with Crippen LogP contribution >= 0.6 is 22.9 Å². The summed E-state index contributed by atoms with van der Waals surface area (Å²) in [6.07, 6.45) is 0. The van der Waals surface area contributed by atoms with Gasteiger partial charge in [-0.3, -0.25) is 4.98 Å². The van der Waals surface area contributed by atoms with Crippen LogP contribution in [0.25, 0.3) is 0 Å². The maximum Gasteiger partial charge on any atom is 0.187 e. The van der Waals surface area contributed by atoms with E-state index in [-0.39, 0.29) is 0 Å². The summed E-state index contributed by atoms with van der Waals surface area (Å²) < 4.78 is 0. The third-order valence-corrected chi connectivity index (χ3v) is 3.64. The minimum atomic E-state index is 0.556. The molecule has 2 heterocycles. The summed E-state index contributed by atoms with van der Waals surface area (Å²) in [7, 11) is 0. The van der Waals surface area contributed by atoms with Gasteiger partial charge in [0, 0.05) is 17.6 Å². The average Bonchev–Trinajstić information content (AvgIpc) is 2.73. The SMILES string of the molecule is CCN(Cc1cccc(C)n1)c1nc(Cl)cs1. The van der Waals surface area contributed by atoms with Crippen LogP contribution in [0.5, 0.6) is 0 Å². The maximum absolute atomic E-state index is 5.85. The molecule has 0 saturated carbocycles. The Morgan fingerprint density at radius 3 is 2.76 bits per heavy atom. The molecule has 3 nitrogen and oxygen atoms in total. The predicted octanol–water partition coefficient (Wildman–Crippen LogP) is 3.53. The molecule has 5 heteroatoms. The normalized spacial score (nSPS) is 10.5. The zero-order valence-electron chi connectivity index (χ0n) is 9.85. The lowest BCUT2D eigenvalue weighted by molar-refractivity contribution is 0.801. The molecule has 0 spiro atoms. The molecule has 0 bridgehead atoms. The third kappa shape index (κ3) is 3.17. The van der Waals surface area contributed by atoms with Crippen molar-refractivity contribution in [3.8, 4) is 0 Å². The van der Waals surface area contributed by atoms with Gasteiger partial charge in [-0.15, -0.1) is 11.3 Å². The Morgan fingerprint density at radius 1 is 1.35 bits per heavy atom. The molecule has 90 valence electrons. The van der Waals surface area contributed by atoms with E-state index in [1.807, 2.05) is 30.5 Å². The van der Waals surface area contributed by atoms with E-state index >= 15 is 0 Å². The smallest absolute Gasteiger partial charge is 0.187 e. The minimum absolute atomic E-state index is 0.556. The number of thiazole rings is 1. The Hall–Kier alpha value is -1.13. The number of anilines is 1. The molecule has 0 aliphatic carbocycles. The summed E-state index contributed by atoms with van der Waals surface area (Å²) in [5.74, 6) is 0. The number of hydrogen-bond donors (Lipinski definition) is 0. The molecule has 0 aliphatic heterocycles. The van der Waals surface area contributed by atoms with Gasteiger partial charge in [-0.1, -0.05) is 17.7 Å². The van der Waals surface area contributed by atoms with Crippen LogP contribution < -0.4 is 4.90 Å². The number of hydrogen-bond acceptors (Lipinski definition) is 4. The molecule has 0 radical (unpaired) electrons. The molecule has 0 aromatic carbocycles. The lowest BCUT2D eigenvalue weighted by Gasteiger charge is -2.19. The third-order valence-electron chi connectivity index (χ3n) is 2.42. The molecular weight excluding hydrogens is 254 g/mol. The molecular formula is C12H14ClN3S. The van der Waals surface area contributed by atoms with Crippen LogP contribution in [0.3, 0.4) is 0 Å². The van der Waals surface area contributed by atoms with Crippen molar-refractivity contribution in [1.29, 1.82) is 0 Å². The quantitative estimate of drug-likeness (QED) is 0.849. The number of halogens is 1. The van der Waals surface area contributed by atoms with E-state index in [1.165, 1.54) is 0 Å². The number of pyridine rings is 1. The van der Waals surface area contributed by atoms with E-state index in [9.17, 15) is 0 Å². The predicted molar refractivity (Wildman–Crippen MR) is 72.8 cm³/mol. The molecule has 2 aromatic rings. The van der Waals surface area contributed by atoms with Crippen molar-refractivity contribution < 1.29 is 0 Å². The van der Waals surface area contributed by atoms with Crippen molar-refractivity contribution in [2.75, 3.05) is 11.4 Å². The lowest BCUT2D eigenvalue weighted by atomic mass is 10.3. The van der Waals surface area contributed by atoms with E-state index in [0.29, 0.717) is 5.15 Å². The monoisotopic (exact) mass is 267 g/mol. The van der Waals surface area contributed by atoms with E-state index in [2.05, 4.69) is 21.8 Å². The van der Waals surface area contributed by atoms with Crippen molar-refractivity contribution in [2.24, 2.45) is 0 Å². The first kappa shape index (κ1) is 12.3. The van der Waals surface area contributed by atoms with Crippen molar-refractivity contribution in [2.45, 2.75) is 20.4 Å². The van der Waals surface area contributed by atoms with Gasteiger partial charge >= 0.3 is 0 Å². The second-order valence-corrected chi connectivity index (χ2v) is 4.96. The second kappa shape index (κ2) is 5.47. The average molecular weight is 268 g/mol. The zero-order chi connectivity index (χ0) is 12.3. The van der Waals surface area contributed by atoms with Crippen molar-refractivity contribution in [1.82, 2.24) is 9.97 Å². The zero-order valence-corrected chi connectivity index (χ0v) is 11.4. The van der Waals surface area contributed by atoms with Crippen LogP contribution in [0.15, 0.2) is 23.6 Å². The van der Waals surface area contributed by atoms with E-state index < -0.39 is 0 Å². The molecule has 2 aromatic heterocycles. The highest BCUT2D eigenvalue weighted by Crippen LogP contribution is 2.24. The summed E-state index contributed by atoms with van der Waals surface area (Å²) in [4.78, 5) is 10.9. The number of aromatic nitrogens is 2. The van der Waals surface area contributed by atoms with E-state index in [1.54, 1.807) is 11.3 Å². The van der Waals surface area contributed by atoms with Crippen LogP contribution in [0.1, 0.15) is 18.3 Å².